The number of ether oxygens (including phenoxy) is 1. The summed E-state index contributed by atoms with van der Waals surface area (Å²) in [6, 6.07) is 2.58. The van der Waals surface area contributed by atoms with Crippen LogP contribution in [0, 0.1) is 0 Å². The van der Waals surface area contributed by atoms with Gasteiger partial charge < -0.3 is 9.72 Å². The SMILES string of the molecule is CCOC(=O)Nc1nc2cc(Cl)c(S(N)(=O)=O)cc2[nH]1. The van der Waals surface area contributed by atoms with Gasteiger partial charge in [-0.1, -0.05) is 11.6 Å². The van der Waals surface area contributed by atoms with Gasteiger partial charge in [-0.2, -0.15) is 0 Å². The maximum atomic E-state index is 11.3. The third-order valence-corrected chi connectivity index (χ3v) is 3.71. The zero-order chi connectivity index (χ0) is 14.9. The maximum absolute atomic E-state index is 11.3. The zero-order valence-electron chi connectivity index (χ0n) is 10.3. The Morgan fingerprint density at radius 3 is 2.85 bits per heavy atom. The first kappa shape index (κ1) is 14.6. The first-order valence-corrected chi connectivity index (χ1v) is 7.39. The van der Waals surface area contributed by atoms with Crippen molar-refractivity contribution in [1.82, 2.24) is 9.97 Å². The summed E-state index contributed by atoms with van der Waals surface area (Å²) < 4.78 is 27.4. The van der Waals surface area contributed by atoms with E-state index in [-0.39, 0.29) is 22.5 Å². The Balaban J connectivity index is 2.42. The van der Waals surface area contributed by atoms with E-state index in [1.165, 1.54) is 12.1 Å². The van der Waals surface area contributed by atoms with E-state index in [1.54, 1.807) is 6.92 Å². The van der Waals surface area contributed by atoms with Gasteiger partial charge in [0.15, 0.2) is 0 Å². The smallest absolute Gasteiger partial charge is 0.413 e. The Morgan fingerprint density at radius 2 is 2.25 bits per heavy atom. The van der Waals surface area contributed by atoms with Crippen LogP contribution in [0.1, 0.15) is 6.92 Å². The van der Waals surface area contributed by atoms with Crippen molar-refractivity contribution in [2.24, 2.45) is 5.14 Å². The van der Waals surface area contributed by atoms with Gasteiger partial charge in [0.2, 0.25) is 16.0 Å². The number of carbonyl (C=O) groups excluding carboxylic acids is 1. The molecule has 0 saturated carbocycles. The lowest BCUT2D eigenvalue weighted by molar-refractivity contribution is 0.167. The Kier molecular flexibility index (Phi) is 3.84. The molecule has 0 fully saturated rings. The van der Waals surface area contributed by atoms with Crippen LogP contribution in [0.4, 0.5) is 10.7 Å². The van der Waals surface area contributed by atoms with E-state index < -0.39 is 16.1 Å². The summed E-state index contributed by atoms with van der Waals surface area (Å²) in [5.74, 6) is 0.112. The second kappa shape index (κ2) is 5.27. The zero-order valence-corrected chi connectivity index (χ0v) is 11.9. The molecule has 0 aliphatic carbocycles. The van der Waals surface area contributed by atoms with Gasteiger partial charge in [-0.3, -0.25) is 5.32 Å². The molecule has 8 nitrogen and oxygen atoms in total. The number of aromatic amines is 1. The fourth-order valence-electron chi connectivity index (χ4n) is 1.55. The van der Waals surface area contributed by atoms with E-state index in [1.807, 2.05) is 0 Å². The fraction of sp³-hybridized carbons (Fsp3) is 0.200. The van der Waals surface area contributed by atoms with Crippen molar-refractivity contribution in [2.75, 3.05) is 11.9 Å². The molecule has 0 bridgehead atoms. The molecular formula is C10H11ClN4O4S. The van der Waals surface area contributed by atoms with E-state index in [4.69, 9.17) is 21.5 Å². The summed E-state index contributed by atoms with van der Waals surface area (Å²) in [5.41, 5.74) is 0.749. The molecule has 2 aromatic rings. The number of rotatable bonds is 3. The van der Waals surface area contributed by atoms with E-state index in [0.717, 1.165) is 0 Å². The quantitative estimate of drug-likeness (QED) is 0.788. The molecule has 1 heterocycles. The van der Waals surface area contributed by atoms with E-state index in [2.05, 4.69) is 15.3 Å². The molecule has 20 heavy (non-hydrogen) atoms. The standard InChI is InChI=1S/C10H11ClN4O4S/c1-2-19-10(16)15-9-13-6-3-5(11)8(20(12,17)18)4-7(6)14-9/h3-4H,2H2,1H3,(H2,12,17,18)(H2,13,14,15,16). The number of nitrogens with zero attached hydrogens (tertiary/aromatic N) is 1. The van der Waals surface area contributed by atoms with Gasteiger partial charge in [-0.25, -0.2) is 23.3 Å². The van der Waals surface area contributed by atoms with Crippen LogP contribution in [-0.4, -0.2) is 31.1 Å². The molecule has 1 aromatic heterocycles. The molecule has 0 spiro atoms. The Hall–Kier alpha value is -1.84. The molecule has 0 atom stereocenters. The van der Waals surface area contributed by atoms with Crippen molar-refractivity contribution in [2.45, 2.75) is 11.8 Å². The average Bonchev–Trinajstić information content (AvgIpc) is 2.67. The minimum Gasteiger partial charge on any atom is -0.450 e. The number of amides is 1. The number of nitrogens with two attached hydrogens (primary N) is 1. The summed E-state index contributed by atoms with van der Waals surface area (Å²) in [4.78, 5) is 17.8. The molecule has 1 amide bonds. The molecule has 4 N–H and O–H groups in total. The Morgan fingerprint density at radius 1 is 1.55 bits per heavy atom. The first-order valence-electron chi connectivity index (χ1n) is 5.47. The molecule has 10 heteroatoms. The normalized spacial score (nSPS) is 11.6. The number of hydrogen-bond acceptors (Lipinski definition) is 5. The van der Waals surface area contributed by atoms with E-state index in [0.29, 0.717) is 11.0 Å². The first-order chi connectivity index (χ1) is 9.31. The van der Waals surface area contributed by atoms with Crippen LogP contribution in [0.15, 0.2) is 17.0 Å². The summed E-state index contributed by atoms with van der Waals surface area (Å²) >= 11 is 5.83. The van der Waals surface area contributed by atoms with Crippen molar-refractivity contribution in [3.05, 3.63) is 17.2 Å². The number of sulfonamides is 1. The van der Waals surface area contributed by atoms with E-state index >= 15 is 0 Å². The number of imidazole rings is 1. The number of nitrogens with one attached hydrogen (secondary N) is 2. The largest absolute Gasteiger partial charge is 0.450 e. The summed E-state index contributed by atoms with van der Waals surface area (Å²) in [7, 11) is -3.94. The Labute approximate surface area is 119 Å². The highest BCUT2D eigenvalue weighted by atomic mass is 35.5. The predicted molar refractivity (Wildman–Crippen MR) is 73.1 cm³/mol. The highest BCUT2D eigenvalue weighted by Gasteiger charge is 2.16. The molecular weight excluding hydrogens is 308 g/mol. The minimum atomic E-state index is -3.94. The number of H-pyrrole nitrogens is 1. The number of carbonyl (C=O) groups is 1. The van der Waals surface area contributed by atoms with Crippen molar-refractivity contribution in [1.29, 1.82) is 0 Å². The maximum Gasteiger partial charge on any atom is 0.413 e. The number of benzene rings is 1. The molecule has 0 unspecified atom stereocenters. The number of aromatic nitrogens is 2. The molecule has 0 saturated heterocycles. The lowest BCUT2D eigenvalue weighted by Gasteiger charge is -2.00. The summed E-state index contributed by atoms with van der Waals surface area (Å²) in [6.07, 6.45) is -0.677. The van der Waals surface area contributed by atoms with Crippen LogP contribution >= 0.6 is 11.6 Å². The molecule has 0 aliphatic heterocycles. The topological polar surface area (TPSA) is 127 Å². The van der Waals surface area contributed by atoms with Gasteiger partial charge in [0.25, 0.3) is 0 Å². The van der Waals surface area contributed by atoms with Crippen LogP contribution < -0.4 is 10.5 Å². The molecule has 0 radical (unpaired) electrons. The lowest BCUT2D eigenvalue weighted by Crippen LogP contribution is -2.14. The van der Waals surface area contributed by atoms with E-state index in [9.17, 15) is 13.2 Å². The van der Waals surface area contributed by atoms with Crippen LogP contribution in [-0.2, 0) is 14.8 Å². The highest BCUT2D eigenvalue weighted by molar-refractivity contribution is 7.89. The van der Waals surface area contributed by atoms with Gasteiger partial charge in [0.1, 0.15) is 4.90 Å². The van der Waals surface area contributed by atoms with Gasteiger partial charge in [-0.15, -0.1) is 0 Å². The average molecular weight is 319 g/mol. The molecule has 2 rings (SSSR count). The fourth-order valence-corrected chi connectivity index (χ4v) is 2.65. The second-order valence-corrected chi connectivity index (χ2v) is 5.71. The summed E-state index contributed by atoms with van der Waals surface area (Å²) in [6.45, 7) is 1.88. The number of hydrogen-bond donors (Lipinski definition) is 3. The van der Waals surface area contributed by atoms with Crippen LogP contribution in [0.25, 0.3) is 11.0 Å². The van der Waals surface area contributed by atoms with Crippen molar-refractivity contribution < 1.29 is 17.9 Å². The Bertz CT molecular complexity index is 771. The monoisotopic (exact) mass is 318 g/mol. The second-order valence-electron chi connectivity index (χ2n) is 3.78. The predicted octanol–water partition coefficient (Wildman–Crippen LogP) is 1.43. The molecule has 108 valence electrons. The van der Waals surface area contributed by atoms with Crippen molar-refractivity contribution in [3.8, 4) is 0 Å². The number of halogens is 1. The third-order valence-electron chi connectivity index (χ3n) is 2.34. The minimum absolute atomic E-state index is 0.0471. The number of fused-ring (bicyclic) bond motifs is 1. The van der Waals surface area contributed by atoms with Gasteiger partial charge in [-0.05, 0) is 19.1 Å². The van der Waals surface area contributed by atoms with Gasteiger partial charge in [0, 0.05) is 0 Å². The molecule has 0 aliphatic rings. The summed E-state index contributed by atoms with van der Waals surface area (Å²) in [5, 5.41) is 7.35. The number of primary sulfonamides is 1. The third kappa shape index (κ3) is 3.00. The van der Waals surface area contributed by atoms with Gasteiger partial charge in [0.05, 0.1) is 22.7 Å². The van der Waals surface area contributed by atoms with Crippen LogP contribution in [0.3, 0.4) is 0 Å². The van der Waals surface area contributed by atoms with Crippen LogP contribution in [0.2, 0.25) is 5.02 Å². The van der Waals surface area contributed by atoms with Crippen molar-refractivity contribution in [3.63, 3.8) is 0 Å². The highest BCUT2D eigenvalue weighted by Crippen LogP contribution is 2.26. The van der Waals surface area contributed by atoms with Crippen molar-refractivity contribution >= 4 is 44.7 Å². The molecule has 1 aromatic carbocycles. The van der Waals surface area contributed by atoms with Gasteiger partial charge >= 0.3 is 6.09 Å². The number of anilines is 1. The van der Waals surface area contributed by atoms with Crippen LogP contribution in [0.5, 0.6) is 0 Å². The lowest BCUT2D eigenvalue weighted by atomic mass is 10.3.